The van der Waals surface area contributed by atoms with Gasteiger partial charge in [0.25, 0.3) is 0 Å². The first-order valence-electron chi connectivity index (χ1n) is 12.0. The van der Waals surface area contributed by atoms with E-state index in [-0.39, 0.29) is 21.0 Å². The number of hydrogen-bond acceptors (Lipinski definition) is 0. The summed E-state index contributed by atoms with van der Waals surface area (Å²) in [6.45, 7) is 30.0. The molecular formula is C29H46P2. The van der Waals surface area contributed by atoms with E-state index in [0.717, 1.165) is 0 Å². The van der Waals surface area contributed by atoms with Gasteiger partial charge in [-0.1, -0.05) is 135 Å². The highest BCUT2D eigenvalue weighted by Gasteiger charge is 2.53. The van der Waals surface area contributed by atoms with Crippen molar-refractivity contribution >= 4 is 27.0 Å². The smallest absolute Gasteiger partial charge is 0.0177 e. The van der Waals surface area contributed by atoms with Crippen LogP contribution in [0.15, 0.2) is 36.4 Å². The van der Waals surface area contributed by atoms with Gasteiger partial charge in [-0.25, -0.2) is 0 Å². The molecular weight excluding hydrogens is 410 g/mol. The molecule has 1 unspecified atom stereocenters. The predicted molar refractivity (Wildman–Crippen MR) is 147 cm³/mol. The normalized spacial score (nSPS) is 22.0. The Balaban J connectivity index is 2.16. The van der Waals surface area contributed by atoms with Gasteiger partial charge in [0.05, 0.1) is 0 Å². The lowest BCUT2D eigenvalue weighted by molar-refractivity contribution is 0.637. The molecule has 0 saturated carbocycles. The van der Waals surface area contributed by atoms with Gasteiger partial charge in [-0.3, -0.25) is 0 Å². The number of benzene rings is 1. The van der Waals surface area contributed by atoms with Gasteiger partial charge in [-0.05, 0) is 55.5 Å². The summed E-state index contributed by atoms with van der Waals surface area (Å²) >= 11 is 0. The molecule has 0 spiro atoms. The van der Waals surface area contributed by atoms with Crippen LogP contribution in [0.25, 0.3) is 11.1 Å². The van der Waals surface area contributed by atoms with Crippen LogP contribution in [0.5, 0.6) is 0 Å². The monoisotopic (exact) mass is 456 g/mol. The van der Waals surface area contributed by atoms with Gasteiger partial charge in [0.1, 0.15) is 0 Å². The fraction of sp³-hybridized carbons (Fsp3) is 0.655. The van der Waals surface area contributed by atoms with Crippen molar-refractivity contribution in [2.75, 3.05) is 6.16 Å². The van der Waals surface area contributed by atoms with E-state index in [4.69, 9.17) is 0 Å². The predicted octanol–water partition coefficient (Wildman–Crippen LogP) is 9.77. The molecule has 0 N–H and O–H groups in total. The Morgan fingerprint density at radius 2 is 1.19 bits per heavy atom. The number of hydrogen-bond donors (Lipinski definition) is 0. The summed E-state index contributed by atoms with van der Waals surface area (Å²) in [5.74, 6) is 0. The lowest BCUT2D eigenvalue weighted by Gasteiger charge is -2.58. The van der Waals surface area contributed by atoms with Gasteiger partial charge in [0.2, 0.25) is 0 Å². The Bertz CT molecular complexity index is 862. The van der Waals surface area contributed by atoms with Crippen molar-refractivity contribution in [3.05, 3.63) is 47.5 Å². The molecule has 2 aliphatic carbocycles. The maximum absolute atomic E-state index is 2.71. The van der Waals surface area contributed by atoms with Crippen molar-refractivity contribution in [2.24, 2.45) is 0 Å². The Kier molecular flexibility index (Phi) is 6.35. The zero-order valence-corrected chi connectivity index (χ0v) is 24.1. The molecule has 1 aromatic carbocycles. The fourth-order valence-electron chi connectivity index (χ4n) is 6.64. The van der Waals surface area contributed by atoms with Gasteiger partial charge < -0.3 is 0 Å². The molecule has 1 atom stereocenters. The third-order valence-electron chi connectivity index (χ3n) is 6.75. The van der Waals surface area contributed by atoms with Crippen LogP contribution in [0.3, 0.4) is 0 Å². The van der Waals surface area contributed by atoms with Crippen LogP contribution in [0.1, 0.15) is 101 Å². The number of rotatable bonds is 3. The van der Waals surface area contributed by atoms with E-state index < -0.39 is 0 Å². The Labute approximate surface area is 195 Å². The third kappa shape index (κ3) is 4.78. The van der Waals surface area contributed by atoms with Gasteiger partial charge >= 0.3 is 0 Å². The van der Waals surface area contributed by atoms with Crippen LogP contribution in [0.2, 0.25) is 0 Å². The maximum Gasteiger partial charge on any atom is 0.0177 e. The van der Waals surface area contributed by atoms with E-state index in [0.29, 0.717) is 20.6 Å². The fourth-order valence-corrected chi connectivity index (χ4v) is 16.6. The van der Waals surface area contributed by atoms with E-state index in [1.165, 1.54) is 29.3 Å². The summed E-state index contributed by atoms with van der Waals surface area (Å²) in [6.07, 6.45) is 7.79. The molecule has 2 aliphatic rings. The molecule has 0 nitrogen and oxygen atoms in total. The second kappa shape index (κ2) is 7.81. The van der Waals surface area contributed by atoms with Gasteiger partial charge in [-0.15, -0.1) is 0 Å². The van der Waals surface area contributed by atoms with Crippen molar-refractivity contribution in [1.82, 2.24) is 0 Å². The topological polar surface area (TPSA) is 0 Å². The van der Waals surface area contributed by atoms with Crippen LogP contribution < -0.4 is 0 Å². The molecule has 0 saturated heterocycles. The molecule has 0 amide bonds. The average molecular weight is 457 g/mol. The quantitative estimate of drug-likeness (QED) is 0.397. The minimum atomic E-state index is -0.278. The standard InChI is InChI=1S/C29H46P2/c1-25(2,3)30(26(4,5)6)20-29(31(27(7,8)9)28(10,11)12)18-17-23-21-15-13-14-16-22(21)24(23)19-29/h13-18H,19-20H2,1-12H3. The molecule has 0 radical (unpaired) electrons. The summed E-state index contributed by atoms with van der Waals surface area (Å²) in [6, 6.07) is 9.06. The van der Waals surface area contributed by atoms with Crippen molar-refractivity contribution in [3.63, 3.8) is 0 Å². The lowest BCUT2D eigenvalue weighted by Crippen LogP contribution is -2.45. The van der Waals surface area contributed by atoms with E-state index in [2.05, 4.69) is 120 Å². The Morgan fingerprint density at radius 3 is 1.65 bits per heavy atom. The van der Waals surface area contributed by atoms with Crippen LogP contribution in [-0.2, 0) is 0 Å². The highest BCUT2D eigenvalue weighted by atomic mass is 31.1. The first-order chi connectivity index (χ1) is 13.9. The largest absolute Gasteiger partial charge is 0.0944 e. The van der Waals surface area contributed by atoms with Crippen LogP contribution in [-0.4, -0.2) is 31.9 Å². The van der Waals surface area contributed by atoms with Crippen molar-refractivity contribution in [3.8, 4) is 0 Å². The third-order valence-corrected chi connectivity index (χ3v) is 15.2. The van der Waals surface area contributed by atoms with E-state index in [1.807, 2.05) is 0 Å². The van der Waals surface area contributed by atoms with Crippen LogP contribution in [0, 0.1) is 0 Å². The minimum absolute atomic E-state index is 0.175. The van der Waals surface area contributed by atoms with Gasteiger partial charge in [0.15, 0.2) is 0 Å². The summed E-state index contributed by atoms with van der Waals surface area (Å²) in [4.78, 5) is 0. The van der Waals surface area contributed by atoms with Gasteiger partial charge in [-0.2, -0.15) is 0 Å². The Hall–Kier alpha value is -0.440. The van der Waals surface area contributed by atoms with Crippen LogP contribution in [0.4, 0.5) is 0 Å². The zero-order valence-electron chi connectivity index (χ0n) is 22.3. The minimum Gasteiger partial charge on any atom is -0.0944 e. The summed E-state index contributed by atoms with van der Waals surface area (Å²) in [5.41, 5.74) is 6.13. The molecule has 2 heteroatoms. The molecule has 0 heterocycles. The van der Waals surface area contributed by atoms with E-state index in [1.54, 1.807) is 5.57 Å². The average Bonchev–Trinajstić information content (AvgIpc) is 2.53. The molecule has 0 aliphatic heterocycles. The van der Waals surface area contributed by atoms with E-state index >= 15 is 0 Å². The summed E-state index contributed by atoms with van der Waals surface area (Å²) < 4.78 is 0. The molecule has 3 rings (SSSR count). The highest BCUT2D eigenvalue weighted by molar-refractivity contribution is 7.66. The first kappa shape index (κ1) is 25.2. The molecule has 0 aromatic heterocycles. The van der Waals surface area contributed by atoms with Gasteiger partial charge in [0, 0.05) is 5.16 Å². The van der Waals surface area contributed by atoms with Crippen molar-refractivity contribution in [1.29, 1.82) is 0 Å². The van der Waals surface area contributed by atoms with Crippen molar-refractivity contribution < 1.29 is 0 Å². The molecule has 31 heavy (non-hydrogen) atoms. The SMILES string of the molecule is CC(C)(C)P(CC1(P(C(C)(C)C)C(C)(C)C)C=CC2=C(C1)c1ccccc12)C(C)(C)C. The number of allylic oxidation sites excluding steroid dienone is 4. The number of fused-ring (bicyclic) bond motifs is 3. The molecule has 0 bridgehead atoms. The molecule has 0 fully saturated rings. The van der Waals surface area contributed by atoms with Crippen LogP contribution >= 0.6 is 15.8 Å². The maximum atomic E-state index is 2.71. The summed E-state index contributed by atoms with van der Waals surface area (Å²) in [5, 5.41) is 1.55. The lowest BCUT2D eigenvalue weighted by atomic mass is 9.73. The zero-order chi connectivity index (χ0) is 23.6. The Morgan fingerprint density at radius 1 is 0.710 bits per heavy atom. The highest BCUT2D eigenvalue weighted by Crippen LogP contribution is 2.75. The second-order valence-corrected chi connectivity index (χ2v) is 21.8. The second-order valence-electron chi connectivity index (χ2n) is 13.7. The molecule has 1 aromatic rings. The summed E-state index contributed by atoms with van der Waals surface area (Å²) in [7, 11) is -0.453. The van der Waals surface area contributed by atoms with Crippen molar-refractivity contribution in [2.45, 2.75) is 115 Å². The molecule has 172 valence electrons. The van der Waals surface area contributed by atoms with E-state index in [9.17, 15) is 0 Å². The first-order valence-corrected chi connectivity index (χ1v) is 14.9.